The molecule has 0 spiro atoms. The molecule has 0 saturated heterocycles. The quantitative estimate of drug-likeness (QED) is 0.348. The first kappa shape index (κ1) is 25.5. The molecule has 0 unspecified atom stereocenters. The monoisotopic (exact) mass is 481 g/mol. The molecule has 0 bridgehead atoms. The van der Waals surface area contributed by atoms with E-state index in [-0.39, 0.29) is 6.54 Å². The van der Waals surface area contributed by atoms with Crippen LogP contribution in [0.2, 0.25) is 0 Å². The van der Waals surface area contributed by atoms with Crippen LogP contribution in [0.15, 0.2) is 78.2 Å². The Labute approximate surface area is 202 Å². The van der Waals surface area contributed by atoms with Gasteiger partial charge in [0, 0.05) is 55.1 Å². The standard InChI is InChI=1S/C26H26F3N5O/c1-5-20(16-30-4)34-25-13-21(11-12-31-25)35-23-8-6-7-22(17(23)2)18(3)32-14-19-9-10-24(33-15-19)26(27,28)29/h5-13,15-16,32H,3,14H2,1-2,4H3,(H,31,34)/b20-5+,30-16?. The molecule has 0 saturated carbocycles. The number of aromatic nitrogens is 2. The van der Waals surface area contributed by atoms with Crippen LogP contribution in [0.25, 0.3) is 5.70 Å². The Morgan fingerprint density at radius 3 is 2.63 bits per heavy atom. The molecule has 0 radical (unpaired) electrons. The van der Waals surface area contributed by atoms with Gasteiger partial charge in [-0.15, -0.1) is 0 Å². The fourth-order valence-corrected chi connectivity index (χ4v) is 3.19. The Kier molecular flexibility index (Phi) is 8.25. The lowest BCUT2D eigenvalue weighted by Gasteiger charge is -2.16. The van der Waals surface area contributed by atoms with E-state index in [9.17, 15) is 13.2 Å². The van der Waals surface area contributed by atoms with Crippen LogP contribution >= 0.6 is 0 Å². The Bertz CT molecular complexity index is 1230. The second-order valence-electron chi connectivity index (χ2n) is 7.55. The predicted octanol–water partition coefficient (Wildman–Crippen LogP) is 6.37. The van der Waals surface area contributed by atoms with Gasteiger partial charge in [-0.3, -0.25) is 9.98 Å². The van der Waals surface area contributed by atoms with E-state index in [0.29, 0.717) is 28.6 Å². The number of aliphatic imine (C=N–C) groups is 1. The fourth-order valence-electron chi connectivity index (χ4n) is 3.19. The van der Waals surface area contributed by atoms with Crippen LogP contribution in [0.3, 0.4) is 0 Å². The summed E-state index contributed by atoms with van der Waals surface area (Å²) in [6, 6.07) is 11.5. The Morgan fingerprint density at radius 1 is 1.17 bits per heavy atom. The molecule has 0 amide bonds. The van der Waals surface area contributed by atoms with Gasteiger partial charge in [0.15, 0.2) is 0 Å². The molecular formula is C26H26F3N5O. The highest BCUT2D eigenvalue weighted by atomic mass is 19.4. The number of rotatable bonds is 9. The van der Waals surface area contributed by atoms with E-state index in [1.54, 1.807) is 31.6 Å². The number of benzene rings is 1. The van der Waals surface area contributed by atoms with Gasteiger partial charge in [0.2, 0.25) is 0 Å². The molecule has 6 nitrogen and oxygen atoms in total. The highest BCUT2D eigenvalue weighted by molar-refractivity contribution is 5.82. The first-order valence-electron chi connectivity index (χ1n) is 10.8. The second kappa shape index (κ2) is 11.3. The van der Waals surface area contributed by atoms with E-state index in [4.69, 9.17) is 4.74 Å². The van der Waals surface area contributed by atoms with E-state index >= 15 is 0 Å². The van der Waals surface area contributed by atoms with Crippen LogP contribution in [0.1, 0.15) is 29.3 Å². The van der Waals surface area contributed by atoms with E-state index in [1.165, 1.54) is 12.3 Å². The van der Waals surface area contributed by atoms with E-state index in [1.807, 2.05) is 38.1 Å². The van der Waals surface area contributed by atoms with Crippen molar-refractivity contribution in [3.63, 3.8) is 0 Å². The third kappa shape index (κ3) is 6.92. The smallest absolute Gasteiger partial charge is 0.433 e. The molecule has 0 aliphatic heterocycles. The summed E-state index contributed by atoms with van der Waals surface area (Å²) in [6.07, 6.45) is 1.97. The maximum Gasteiger partial charge on any atom is 0.433 e. The Hall–Kier alpha value is -4.14. The molecule has 35 heavy (non-hydrogen) atoms. The molecule has 2 heterocycles. The molecule has 9 heteroatoms. The van der Waals surface area contributed by atoms with Gasteiger partial charge in [0.25, 0.3) is 0 Å². The van der Waals surface area contributed by atoms with Gasteiger partial charge in [-0.1, -0.05) is 30.9 Å². The van der Waals surface area contributed by atoms with Crippen LogP contribution in [0, 0.1) is 6.92 Å². The zero-order valence-electron chi connectivity index (χ0n) is 19.6. The highest BCUT2D eigenvalue weighted by Crippen LogP contribution is 2.30. The van der Waals surface area contributed by atoms with Crippen molar-refractivity contribution in [2.75, 3.05) is 12.4 Å². The summed E-state index contributed by atoms with van der Waals surface area (Å²) in [5.41, 5.74) is 2.78. The summed E-state index contributed by atoms with van der Waals surface area (Å²) in [7, 11) is 1.69. The Balaban J connectivity index is 1.69. The van der Waals surface area contributed by atoms with Gasteiger partial charge in [0.05, 0.1) is 5.70 Å². The van der Waals surface area contributed by atoms with Crippen molar-refractivity contribution in [3.8, 4) is 11.5 Å². The van der Waals surface area contributed by atoms with Crippen molar-refractivity contribution < 1.29 is 17.9 Å². The highest BCUT2D eigenvalue weighted by Gasteiger charge is 2.31. The van der Waals surface area contributed by atoms with Crippen molar-refractivity contribution in [3.05, 3.63) is 95.6 Å². The molecule has 0 aliphatic carbocycles. The largest absolute Gasteiger partial charge is 0.457 e. The van der Waals surface area contributed by atoms with Crippen LogP contribution in [0.4, 0.5) is 19.0 Å². The molecule has 0 fully saturated rings. The number of allylic oxidation sites excluding steroid dienone is 2. The van der Waals surface area contributed by atoms with Crippen molar-refractivity contribution in [1.29, 1.82) is 0 Å². The topological polar surface area (TPSA) is 71.4 Å². The van der Waals surface area contributed by atoms with E-state index in [2.05, 4.69) is 32.2 Å². The van der Waals surface area contributed by atoms with Crippen LogP contribution in [-0.2, 0) is 12.7 Å². The van der Waals surface area contributed by atoms with Crippen LogP contribution in [-0.4, -0.2) is 23.2 Å². The number of pyridine rings is 2. The second-order valence-corrected chi connectivity index (χ2v) is 7.55. The maximum absolute atomic E-state index is 12.7. The molecule has 3 rings (SSSR count). The number of halogens is 3. The van der Waals surface area contributed by atoms with Gasteiger partial charge in [-0.25, -0.2) is 4.98 Å². The van der Waals surface area contributed by atoms with Gasteiger partial charge < -0.3 is 15.4 Å². The lowest BCUT2D eigenvalue weighted by molar-refractivity contribution is -0.141. The van der Waals surface area contributed by atoms with E-state index in [0.717, 1.165) is 22.9 Å². The van der Waals surface area contributed by atoms with Crippen LogP contribution < -0.4 is 15.4 Å². The maximum atomic E-state index is 12.7. The first-order valence-corrected chi connectivity index (χ1v) is 10.8. The molecule has 0 aliphatic rings. The molecule has 0 atom stereocenters. The number of nitrogens with zero attached hydrogens (tertiary/aromatic N) is 3. The number of ether oxygens (including phenoxy) is 1. The summed E-state index contributed by atoms with van der Waals surface area (Å²) in [5.74, 6) is 1.85. The predicted molar refractivity (Wildman–Crippen MR) is 132 cm³/mol. The SMILES string of the molecule is C=C(NCc1ccc(C(F)(F)F)nc1)c1cccc(Oc2ccnc(N/C(C=NC)=C/C)c2)c1C. The van der Waals surface area contributed by atoms with Crippen LogP contribution in [0.5, 0.6) is 11.5 Å². The summed E-state index contributed by atoms with van der Waals surface area (Å²) in [5, 5.41) is 6.32. The van der Waals surface area contributed by atoms with Crippen molar-refractivity contribution in [2.45, 2.75) is 26.6 Å². The Morgan fingerprint density at radius 2 is 1.97 bits per heavy atom. The number of nitrogens with one attached hydrogen (secondary N) is 2. The molecule has 182 valence electrons. The normalized spacial score (nSPS) is 12.0. The van der Waals surface area contributed by atoms with Gasteiger partial charge in [-0.05, 0) is 37.6 Å². The third-order valence-corrected chi connectivity index (χ3v) is 5.04. The van der Waals surface area contributed by atoms with Gasteiger partial charge >= 0.3 is 6.18 Å². The zero-order chi connectivity index (χ0) is 25.4. The molecule has 2 N–H and O–H groups in total. The molecule has 3 aromatic rings. The van der Waals surface area contributed by atoms with Crippen molar-refractivity contribution in [1.82, 2.24) is 15.3 Å². The number of hydrogen-bond acceptors (Lipinski definition) is 6. The molecule has 2 aromatic heterocycles. The lowest BCUT2D eigenvalue weighted by atomic mass is 10.1. The van der Waals surface area contributed by atoms with E-state index < -0.39 is 11.9 Å². The summed E-state index contributed by atoms with van der Waals surface area (Å²) >= 11 is 0. The minimum Gasteiger partial charge on any atom is -0.457 e. The minimum absolute atomic E-state index is 0.280. The number of alkyl halides is 3. The van der Waals surface area contributed by atoms with Gasteiger partial charge in [-0.2, -0.15) is 13.2 Å². The molecular weight excluding hydrogens is 455 g/mol. The number of hydrogen-bond donors (Lipinski definition) is 2. The lowest BCUT2D eigenvalue weighted by Crippen LogP contribution is -2.13. The van der Waals surface area contributed by atoms with Gasteiger partial charge in [0.1, 0.15) is 23.0 Å². The third-order valence-electron chi connectivity index (χ3n) is 5.04. The first-order chi connectivity index (χ1) is 16.7. The summed E-state index contributed by atoms with van der Waals surface area (Å²) in [4.78, 5) is 11.8. The average Bonchev–Trinajstić information content (AvgIpc) is 2.83. The average molecular weight is 482 g/mol. The summed E-state index contributed by atoms with van der Waals surface area (Å²) < 4.78 is 44.2. The molecule has 1 aromatic carbocycles. The van der Waals surface area contributed by atoms with Crippen molar-refractivity contribution in [2.24, 2.45) is 4.99 Å². The fraction of sp³-hybridized carbons (Fsp3) is 0.192. The number of anilines is 1. The summed E-state index contributed by atoms with van der Waals surface area (Å²) in [6.45, 7) is 8.16. The minimum atomic E-state index is -4.46. The van der Waals surface area contributed by atoms with Crippen molar-refractivity contribution >= 4 is 17.7 Å². The zero-order valence-corrected chi connectivity index (χ0v) is 19.6.